The summed E-state index contributed by atoms with van der Waals surface area (Å²) in [4.78, 5) is 11.5. The van der Waals surface area contributed by atoms with Gasteiger partial charge in [0.1, 0.15) is 11.6 Å². The second-order valence-corrected chi connectivity index (χ2v) is 3.01. The SMILES string of the molecule is CCOC(=O)c1c(C#N)ccc(F)c1OC(F)F. The van der Waals surface area contributed by atoms with Crippen LogP contribution in [0.1, 0.15) is 22.8 Å². The number of rotatable bonds is 4. The molecule has 0 amide bonds. The Labute approximate surface area is 101 Å². The number of halogens is 3. The number of ether oxygens (including phenoxy) is 2. The van der Waals surface area contributed by atoms with Crippen molar-refractivity contribution in [2.45, 2.75) is 13.5 Å². The summed E-state index contributed by atoms with van der Waals surface area (Å²) in [6, 6.07) is 3.33. The molecule has 0 saturated heterocycles. The normalized spacial score (nSPS) is 10.0. The largest absolute Gasteiger partial charge is 0.462 e. The first-order chi connectivity index (χ1) is 8.51. The fourth-order valence-corrected chi connectivity index (χ4v) is 1.26. The lowest BCUT2D eigenvalue weighted by Crippen LogP contribution is -2.13. The molecular formula is C11H8F3NO3. The van der Waals surface area contributed by atoms with Crippen LogP contribution >= 0.6 is 0 Å². The number of hydrogen-bond acceptors (Lipinski definition) is 4. The van der Waals surface area contributed by atoms with Crippen molar-refractivity contribution in [3.8, 4) is 11.8 Å². The predicted molar refractivity (Wildman–Crippen MR) is 53.7 cm³/mol. The summed E-state index contributed by atoms with van der Waals surface area (Å²) in [5, 5.41) is 8.76. The Hall–Kier alpha value is -2.23. The van der Waals surface area contributed by atoms with Gasteiger partial charge in [-0.15, -0.1) is 0 Å². The van der Waals surface area contributed by atoms with Crippen LogP contribution in [0.25, 0.3) is 0 Å². The standard InChI is InChI=1S/C11H8F3NO3/c1-2-17-10(16)8-6(5-15)3-4-7(12)9(8)18-11(13)14/h3-4,11H,2H2,1H3. The minimum Gasteiger partial charge on any atom is -0.462 e. The molecule has 0 atom stereocenters. The van der Waals surface area contributed by atoms with Gasteiger partial charge in [0.25, 0.3) is 0 Å². The third-order valence-electron chi connectivity index (χ3n) is 1.92. The van der Waals surface area contributed by atoms with Gasteiger partial charge < -0.3 is 9.47 Å². The average molecular weight is 259 g/mol. The van der Waals surface area contributed by atoms with Crippen molar-refractivity contribution in [3.05, 3.63) is 29.1 Å². The summed E-state index contributed by atoms with van der Waals surface area (Å²) in [7, 11) is 0. The van der Waals surface area contributed by atoms with Crippen molar-refractivity contribution >= 4 is 5.97 Å². The van der Waals surface area contributed by atoms with Crippen molar-refractivity contribution in [2.75, 3.05) is 6.61 Å². The first-order valence-corrected chi connectivity index (χ1v) is 4.85. The molecule has 0 bridgehead atoms. The van der Waals surface area contributed by atoms with Crippen molar-refractivity contribution in [2.24, 2.45) is 0 Å². The van der Waals surface area contributed by atoms with Gasteiger partial charge in [0.2, 0.25) is 0 Å². The third kappa shape index (κ3) is 2.91. The molecule has 1 rings (SSSR count). The van der Waals surface area contributed by atoms with Crippen LogP contribution < -0.4 is 4.74 Å². The van der Waals surface area contributed by atoms with E-state index in [9.17, 15) is 18.0 Å². The average Bonchev–Trinajstić information content (AvgIpc) is 2.31. The molecule has 1 aromatic carbocycles. The zero-order valence-electron chi connectivity index (χ0n) is 9.25. The Bertz CT molecular complexity index is 497. The van der Waals surface area contributed by atoms with E-state index >= 15 is 0 Å². The van der Waals surface area contributed by atoms with Crippen LogP contribution in [0.5, 0.6) is 5.75 Å². The smallest absolute Gasteiger partial charge is 0.387 e. The first-order valence-electron chi connectivity index (χ1n) is 4.85. The number of hydrogen-bond donors (Lipinski definition) is 0. The lowest BCUT2D eigenvalue weighted by atomic mass is 10.1. The molecule has 0 fully saturated rings. The van der Waals surface area contributed by atoms with E-state index in [0.717, 1.165) is 12.1 Å². The van der Waals surface area contributed by atoms with Gasteiger partial charge >= 0.3 is 12.6 Å². The first kappa shape index (κ1) is 13.8. The molecule has 0 saturated carbocycles. The van der Waals surface area contributed by atoms with E-state index in [1.165, 1.54) is 6.92 Å². The molecular weight excluding hydrogens is 251 g/mol. The highest BCUT2D eigenvalue weighted by molar-refractivity contribution is 5.95. The van der Waals surface area contributed by atoms with E-state index in [1.54, 1.807) is 6.07 Å². The molecule has 0 aliphatic rings. The van der Waals surface area contributed by atoms with Crippen molar-refractivity contribution in [3.63, 3.8) is 0 Å². The quantitative estimate of drug-likeness (QED) is 0.779. The Balaban J connectivity index is 3.37. The van der Waals surface area contributed by atoms with Crippen LogP contribution in [-0.4, -0.2) is 19.2 Å². The highest BCUT2D eigenvalue weighted by atomic mass is 19.3. The van der Waals surface area contributed by atoms with E-state index in [0.29, 0.717) is 0 Å². The molecule has 0 aromatic heterocycles. The second-order valence-electron chi connectivity index (χ2n) is 3.01. The fraction of sp³-hybridized carbons (Fsp3) is 0.273. The molecule has 96 valence electrons. The Morgan fingerprint density at radius 1 is 1.50 bits per heavy atom. The monoisotopic (exact) mass is 259 g/mol. The lowest BCUT2D eigenvalue weighted by Gasteiger charge is -2.11. The highest BCUT2D eigenvalue weighted by Gasteiger charge is 2.24. The Kier molecular flexibility index (Phi) is 4.54. The van der Waals surface area contributed by atoms with Gasteiger partial charge in [-0.1, -0.05) is 0 Å². The summed E-state index contributed by atoms with van der Waals surface area (Å²) in [5.41, 5.74) is -0.940. The molecule has 0 aliphatic carbocycles. The predicted octanol–water partition coefficient (Wildman–Crippen LogP) is 2.48. The van der Waals surface area contributed by atoms with Gasteiger partial charge in [-0.25, -0.2) is 9.18 Å². The van der Waals surface area contributed by atoms with Crippen molar-refractivity contribution in [1.29, 1.82) is 5.26 Å². The maximum Gasteiger partial charge on any atom is 0.387 e. The van der Waals surface area contributed by atoms with Crippen LogP contribution in [0.2, 0.25) is 0 Å². The lowest BCUT2D eigenvalue weighted by molar-refractivity contribution is -0.0528. The molecule has 0 heterocycles. The van der Waals surface area contributed by atoms with E-state index < -0.39 is 29.7 Å². The molecule has 0 spiro atoms. The van der Waals surface area contributed by atoms with Crippen LogP contribution in [0, 0.1) is 17.1 Å². The van der Waals surface area contributed by atoms with Crippen LogP contribution in [0.4, 0.5) is 13.2 Å². The second kappa shape index (κ2) is 5.91. The number of alkyl halides is 2. The summed E-state index contributed by atoms with van der Waals surface area (Å²) < 4.78 is 46.1. The number of nitrogens with zero attached hydrogens (tertiary/aromatic N) is 1. The molecule has 0 N–H and O–H groups in total. The summed E-state index contributed by atoms with van der Waals surface area (Å²) >= 11 is 0. The van der Waals surface area contributed by atoms with E-state index in [4.69, 9.17) is 5.26 Å². The minimum atomic E-state index is -3.32. The molecule has 1 aromatic rings. The van der Waals surface area contributed by atoms with E-state index in [2.05, 4.69) is 9.47 Å². The molecule has 4 nitrogen and oxygen atoms in total. The summed E-state index contributed by atoms with van der Waals surface area (Å²) in [6.07, 6.45) is 0. The topological polar surface area (TPSA) is 59.3 Å². The van der Waals surface area contributed by atoms with Gasteiger partial charge in [-0.05, 0) is 19.1 Å². The van der Waals surface area contributed by atoms with Crippen LogP contribution in [0.15, 0.2) is 12.1 Å². The molecule has 0 aliphatic heterocycles. The van der Waals surface area contributed by atoms with Gasteiger partial charge in [-0.2, -0.15) is 14.0 Å². The van der Waals surface area contributed by atoms with Crippen molar-refractivity contribution < 1.29 is 27.4 Å². The third-order valence-corrected chi connectivity index (χ3v) is 1.92. The summed E-state index contributed by atoms with van der Waals surface area (Å²) in [5.74, 6) is -3.25. The van der Waals surface area contributed by atoms with E-state index in [1.807, 2.05) is 0 Å². The fourth-order valence-electron chi connectivity index (χ4n) is 1.26. The maximum atomic E-state index is 13.4. The minimum absolute atomic E-state index is 0.0473. The molecule has 18 heavy (non-hydrogen) atoms. The maximum absolute atomic E-state index is 13.4. The molecule has 7 heteroatoms. The van der Waals surface area contributed by atoms with Gasteiger partial charge in [0.05, 0.1) is 12.2 Å². The Morgan fingerprint density at radius 2 is 2.17 bits per heavy atom. The molecule has 0 unspecified atom stereocenters. The van der Waals surface area contributed by atoms with E-state index in [-0.39, 0.29) is 12.2 Å². The Morgan fingerprint density at radius 3 is 2.67 bits per heavy atom. The number of carbonyl (C=O) groups is 1. The number of benzene rings is 1. The van der Waals surface area contributed by atoms with Gasteiger partial charge in [-0.3, -0.25) is 0 Å². The molecule has 0 radical (unpaired) electrons. The van der Waals surface area contributed by atoms with Crippen LogP contribution in [-0.2, 0) is 4.74 Å². The van der Waals surface area contributed by atoms with Gasteiger partial charge in [0.15, 0.2) is 11.6 Å². The summed E-state index contributed by atoms with van der Waals surface area (Å²) in [6.45, 7) is -1.88. The number of carbonyl (C=O) groups excluding carboxylic acids is 1. The zero-order valence-corrected chi connectivity index (χ0v) is 9.25. The van der Waals surface area contributed by atoms with Crippen molar-refractivity contribution in [1.82, 2.24) is 0 Å². The highest BCUT2D eigenvalue weighted by Crippen LogP contribution is 2.28. The number of esters is 1. The van der Waals surface area contributed by atoms with Gasteiger partial charge in [0, 0.05) is 0 Å². The van der Waals surface area contributed by atoms with Crippen LogP contribution in [0.3, 0.4) is 0 Å². The number of nitriles is 1. The zero-order chi connectivity index (χ0) is 13.7.